The van der Waals surface area contributed by atoms with Crippen molar-refractivity contribution in [3.63, 3.8) is 0 Å². The van der Waals surface area contributed by atoms with Crippen LogP contribution in [0.3, 0.4) is 0 Å². The molecule has 10 heteroatoms. The lowest BCUT2D eigenvalue weighted by Crippen LogP contribution is -2.26. The number of aromatic nitrogens is 2. The second kappa shape index (κ2) is 11.0. The Balaban J connectivity index is 1.44. The van der Waals surface area contributed by atoms with Crippen molar-refractivity contribution in [3.8, 4) is 11.3 Å². The molecule has 0 bridgehead atoms. The van der Waals surface area contributed by atoms with E-state index in [9.17, 15) is 13.6 Å². The van der Waals surface area contributed by atoms with Gasteiger partial charge in [0.15, 0.2) is 6.29 Å². The number of carbonyl (C=O) groups excluding carboxylic acids is 1. The highest BCUT2D eigenvalue weighted by molar-refractivity contribution is 7.42. The van der Waals surface area contributed by atoms with Crippen molar-refractivity contribution >= 4 is 26.1 Å². The lowest BCUT2D eigenvalue weighted by molar-refractivity contribution is -0.0670. The van der Waals surface area contributed by atoms with Crippen molar-refractivity contribution < 1.29 is 27.2 Å². The van der Waals surface area contributed by atoms with Crippen LogP contribution in [0.4, 0.5) is 18.9 Å². The van der Waals surface area contributed by atoms with Crippen molar-refractivity contribution in [2.75, 3.05) is 19.0 Å². The van der Waals surface area contributed by atoms with E-state index in [0.717, 1.165) is 48.7 Å². The largest absolute Gasteiger partial charge is 0.387 e. The molecule has 3 aromatic rings. The maximum absolute atomic E-state index is 15.1. The van der Waals surface area contributed by atoms with E-state index in [2.05, 4.69) is 15.3 Å². The SMILES string of the molecule is CNc1cnccc1C1CCC[C@H](COPc2ccc(F)c(-c3nc(C=O)ccc3F)c2F)O1. The molecule has 3 heterocycles. The Kier molecular flexibility index (Phi) is 7.88. The maximum atomic E-state index is 15.1. The predicted molar refractivity (Wildman–Crippen MR) is 124 cm³/mol. The van der Waals surface area contributed by atoms with Gasteiger partial charge in [-0.15, -0.1) is 0 Å². The summed E-state index contributed by atoms with van der Waals surface area (Å²) in [6, 6.07) is 6.31. The number of pyridine rings is 2. The Hall–Kier alpha value is -2.87. The molecule has 0 aliphatic carbocycles. The summed E-state index contributed by atoms with van der Waals surface area (Å²) < 4.78 is 55.7. The number of carbonyl (C=O) groups is 1. The van der Waals surface area contributed by atoms with Crippen LogP contribution in [0.2, 0.25) is 0 Å². The average molecular weight is 489 g/mol. The molecule has 0 spiro atoms. The normalized spacial score (nSPS) is 18.4. The van der Waals surface area contributed by atoms with Gasteiger partial charge >= 0.3 is 0 Å². The van der Waals surface area contributed by atoms with E-state index in [4.69, 9.17) is 9.26 Å². The molecule has 0 saturated carbocycles. The highest BCUT2D eigenvalue weighted by atomic mass is 31.1. The third kappa shape index (κ3) is 5.27. The molecule has 1 aliphatic heterocycles. The lowest BCUT2D eigenvalue weighted by Gasteiger charge is -2.31. The molecule has 1 saturated heterocycles. The number of anilines is 1. The van der Waals surface area contributed by atoms with E-state index in [1.165, 1.54) is 6.07 Å². The summed E-state index contributed by atoms with van der Waals surface area (Å²) in [6.07, 6.45) is 6.17. The number of nitrogens with one attached hydrogen (secondary N) is 1. The van der Waals surface area contributed by atoms with Gasteiger partial charge in [0.2, 0.25) is 0 Å². The van der Waals surface area contributed by atoms with E-state index in [0.29, 0.717) is 6.29 Å². The topological polar surface area (TPSA) is 73.3 Å². The molecule has 1 fully saturated rings. The maximum Gasteiger partial charge on any atom is 0.168 e. The van der Waals surface area contributed by atoms with Crippen LogP contribution in [0.25, 0.3) is 11.3 Å². The number of hydrogen-bond donors (Lipinski definition) is 1. The number of rotatable bonds is 8. The quantitative estimate of drug-likeness (QED) is 0.356. The average Bonchev–Trinajstić information content (AvgIpc) is 2.86. The van der Waals surface area contributed by atoms with Crippen LogP contribution in [-0.4, -0.2) is 36.0 Å². The minimum absolute atomic E-state index is 0.0769. The monoisotopic (exact) mass is 489 g/mol. The first-order valence-electron chi connectivity index (χ1n) is 10.8. The Morgan fingerprint density at radius 3 is 2.79 bits per heavy atom. The molecule has 4 rings (SSSR count). The Bertz CT molecular complexity index is 1180. The number of ether oxygens (including phenoxy) is 1. The first-order valence-corrected chi connectivity index (χ1v) is 11.7. The molecular formula is C24H23F3N3O3P. The molecule has 1 aliphatic rings. The van der Waals surface area contributed by atoms with Crippen LogP contribution >= 0.6 is 8.81 Å². The van der Waals surface area contributed by atoms with Crippen LogP contribution in [-0.2, 0) is 9.26 Å². The van der Waals surface area contributed by atoms with Crippen LogP contribution in [0.1, 0.15) is 41.4 Å². The number of nitrogens with zero attached hydrogens (tertiary/aromatic N) is 2. The summed E-state index contributed by atoms with van der Waals surface area (Å²) in [5.41, 5.74) is 0.615. The fraction of sp³-hybridized carbons (Fsp3) is 0.292. The molecule has 2 unspecified atom stereocenters. The third-order valence-corrected chi connectivity index (χ3v) is 6.50. The summed E-state index contributed by atoms with van der Waals surface area (Å²) in [5, 5.41) is 3.19. The van der Waals surface area contributed by atoms with E-state index >= 15 is 4.39 Å². The second-order valence-electron chi connectivity index (χ2n) is 7.77. The third-order valence-electron chi connectivity index (χ3n) is 5.59. The zero-order valence-corrected chi connectivity index (χ0v) is 19.4. The zero-order valence-electron chi connectivity index (χ0n) is 18.4. The van der Waals surface area contributed by atoms with Gasteiger partial charge in [-0.05, 0) is 49.6 Å². The second-order valence-corrected chi connectivity index (χ2v) is 8.80. The van der Waals surface area contributed by atoms with Gasteiger partial charge in [0, 0.05) is 32.9 Å². The van der Waals surface area contributed by atoms with Gasteiger partial charge in [-0.2, -0.15) is 0 Å². The smallest absolute Gasteiger partial charge is 0.168 e. The van der Waals surface area contributed by atoms with Crippen molar-refractivity contribution in [2.45, 2.75) is 31.5 Å². The van der Waals surface area contributed by atoms with E-state index < -0.39 is 37.5 Å². The molecule has 1 N–H and O–H groups in total. The van der Waals surface area contributed by atoms with Gasteiger partial charge in [-0.1, -0.05) is 0 Å². The predicted octanol–water partition coefficient (Wildman–Crippen LogP) is 4.96. The van der Waals surface area contributed by atoms with Crippen molar-refractivity contribution in [3.05, 3.63) is 71.4 Å². The van der Waals surface area contributed by atoms with E-state index in [1.54, 1.807) is 12.4 Å². The molecule has 178 valence electrons. The van der Waals surface area contributed by atoms with Gasteiger partial charge in [-0.3, -0.25) is 9.78 Å². The highest BCUT2D eigenvalue weighted by Crippen LogP contribution is 2.35. The lowest BCUT2D eigenvalue weighted by atomic mass is 9.98. The Morgan fingerprint density at radius 1 is 1.18 bits per heavy atom. The van der Waals surface area contributed by atoms with Crippen LogP contribution < -0.4 is 10.6 Å². The van der Waals surface area contributed by atoms with Crippen LogP contribution in [0.15, 0.2) is 42.7 Å². The molecular weight excluding hydrogens is 466 g/mol. The number of aldehydes is 1. The van der Waals surface area contributed by atoms with Gasteiger partial charge in [-0.25, -0.2) is 18.2 Å². The first kappa shape index (κ1) is 24.3. The van der Waals surface area contributed by atoms with Gasteiger partial charge in [0.05, 0.1) is 36.3 Å². The minimum atomic E-state index is -0.975. The van der Waals surface area contributed by atoms with Crippen molar-refractivity contribution in [2.24, 2.45) is 0 Å². The summed E-state index contributed by atoms with van der Waals surface area (Å²) in [6.45, 7) is 0.230. The molecule has 2 aromatic heterocycles. The first-order chi connectivity index (χ1) is 16.5. The number of hydrogen-bond acceptors (Lipinski definition) is 6. The molecule has 6 nitrogen and oxygen atoms in total. The van der Waals surface area contributed by atoms with Crippen LogP contribution in [0.5, 0.6) is 0 Å². The van der Waals surface area contributed by atoms with Crippen molar-refractivity contribution in [1.29, 1.82) is 0 Å². The molecule has 0 amide bonds. The summed E-state index contributed by atoms with van der Waals surface area (Å²) in [5.74, 6) is -2.87. The molecule has 0 radical (unpaired) electrons. The van der Waals surface area contributed by atoms with E-state index in [-0.39, 0.29) is 29.8 Å². The van der Waals surface area contributed by atoms with Crippen molar-refractivity contribution in [1.82, 2.24) is 9.97 Å². The van der Waals surface area contributed by atoms with Gasteiger partial charge in [0.1, 0.15) is 28.8 Å². The molecule has 1 aromatic carbocycles. The van der Waals surface area contributed by atoms with Crippen LogP contribution in [0, 0.1) is 17.5 Å². The highest BCUT2D eigenvalue weighted by Gasteiger charge is 2.26. The van der Waals surface area contributed by atoms with E-state index in [1.807, 2.05) is 13.1 Å². The summed E-state index contributed by atoms with van der Waals surface area (Å²) >= 11 is 0. The standard InChI is InChI=1S/C24H23F3N3O3P/c1-28-19-11-29-10-9-16(19)20-4-2-3-15(33-20)13-32-34-21-8-7-17(25)22(23(21)27)24-18(26)6-5-14(12-31)30-24/h5-12,15,20,28,34H,2-4,13H2,1H3/t15-,20?/m1/s1. The summed E-state index contributed by atoms with van der Waals surface area (Å²) in [7, 11) is 1.38. The Labute approximate surface area is 196 Å². The van der Waals surface area contributed by atoms with Gasteiger partial charge in [0.25, 0.3) is 0 Å². The number of benzene rings is 1. The van der Waals surface area contributed by atoms with Gasteiger partial charge < -0.3 is 14.6 Å². The summed E-state index contributed by atoms with van der Waals surface area (Å²) in [4.78, 5) is 18.8. The molecule has 3 atom stereocenters. The number of halogens is 3. The fourth-order valence-corrected chi connectivity index (χ4v) is 4.70. The molecule has 34 heavy (non-hydrogen) atoms. The minimum Gasteiger partial charge on any atom is -0.387 e. The fourth-order valence-electron chi connectivity index (χ4n) is 3.90. The Morgan fingerprint density at radius 2 is 2.00 bits per heavy atom. The zero-order chi connectivity index (χ0) is 24.1.